The molecule has 0 saturated carbocycles. The summed E-state index contributed by atoms with van der Waals surface area (Å²) in [5.74, 6) is 0. The summed E-state index contributed by atoms with van der Waals surface area (Å²) in [6.07, 6.45) is -0.747. The van der Waals surface area contributed by atoms with E-state index in [1.165, 1.54) is 32.2 Å². The third-order valence-corrected chi connectivity index (χ3v) is 4.31. The monoisotopic (exact) mass is 278 g/mol. The van der Waals surface area contributed by atoms with Crippen molar-refractivity contribution in [3.8, 4) is 0 Å². The molecule has 0 saturated heterocycles. The lowest BCUT2D eigenvalue weighted by molar-refractivity contribution is 0.171. The van der Waals surface area contributed by atoms with Crippen molar-refractivity contribution >= 4 is 27.3 Å². The number of nitrogens with zero attached hydrogens (tertiary/aromatic N) is 1. The van der Waals surface area contributed by atoms with Gasteiger partial charge < -0.3 is 10.8 Å². The highest BCUT2D eigenvalue weighted by Gasteiger charge is 2.24. The number of anilines is 1. The van der Waals surface area contributed by atoms with Crippen molar-refractivity contribution in [3.63, 3.8) is 0 Å². The fraction of sp³-hybridized carbons (Fsp3) is 0.400. The fourth-order valence-corrected chi connectivity index (χ4v) is 2.92. The second-order valence-electron chi connectivity index (χ2n) is 3.82. The first-order chi connectivity index (χ1) is 7.75. The summed E-state index contributed by atoms with van der Waals surface area (Å²) in [4.78, 5) is -0.00921. The van der Waals surface area contributed by atoms with Gasteiger partial charge in [0.25, 0.3) is 0 Å². The zero-order valence-corrected chi connectivity index (χ0v) is 11.2. The third-order valence-electron chi connectivity index (χ3n) is 2.18. The molecule has 3 N–H and O–H groups in total. The number of hydrogen-bond donors (Lipinski definition) is 2. The van der Waals surface area contributed by atoms with Crippen molar-refractivity contribution in [1.29, 1.82) is 0 Å². The summed E-state index contributed by atoms with van der Waals surface area (Å²) in [5.41, 5.74) is 5.72. The lowest BCUT2D eigenvalue weighted by Crippen LogP contribution is -2.33. The summed E-state index contributed by atoms with van der Waals surface area (Å²) in [7, 11) is -2.31. The molecule has 1 aromatic carbocycles. The lowest BCUT2D eigenvalue weighted by Gasteiger charge is -2.19. The van der Waals surface area contributed by atoms with Crippen LogP contribution in [0.3, 0.4) is 0 Å². The summed E-state index contributed by atoms with van der Waals surface area (Å²) in [5, 5.41) is 9.56. The van der Waals surface area contributed by atoms with Crippen LogP contribution < -0.4 is 5.73 Å². The van der Waals surface area contributed by atoms with Crippen LogP contribution in [-0.4, -0.2) is 37.5 Å². The Morgan fingerprint density at radius 2 is 2.12 bits per heavy atom. The van der Waals surface area contributed by atoms with E-state index >= 15 is 0 Å². The van der Waals surface area contributed by atoms with Crippen LogP contribution in [0.5, 0.6) is 0 Å². The molecule has 7 heteroatoms. The smallest absolute Gasteiger partial charge is 0.244 e. The van der Waals surface area contributed by atoms with Crippen LogP contribution in [0.1, 0.15) is 6.92 Å². The lowest BCUT2D eigenvalue weighted by atomic mass is 10.3. The minimum Gasteiger partial charge on any atom is -0.398 e. The minimum absolute atomic E-state index is 0.00436. The molecule has 0 aromatic heterocycles. The van der Waals surface area contributed by atoms with E-state index in [4.69, 9.17) is 17.3 Å². The molecule has 0 aliphatic rings. The molecule has 0 fully saturated rings. The van der Waals surface area contributed by atoms with Crippen molar-refractivity contribution in [2.24, 2.45) is 0 Å². The number of sulfonamides is 1. The van der Waals surface area contributed by atoms with E-state index in [-0.39, 0.29) is 17.1 Å². The van der Waals surface area contributed by atoms with Crippen LogP contribution >= 0.6 is 11.6 Å². The Morgan fingerprint density at radius 1 is 1.53 bits per heavy atom. The van der Waals surface area contributed by atoms with Crippen LogP contribution in [0.2, 0.25) is 5.02 Å². The Balaban J connectivity index is 3.13. The zero-order valence-electron chi connectivity index (χ0n) is 9.59. The normalized spacial score (nSPS) is 13.9. The molecule has 0 spiro atoms. The molecule has 0 heterocycles. The first-order valence-corrected chi connectivity index (χ1v) is 6.76. The Labute approximate surface area is 106 Å². The van der Waals surface area contributed by atoms with Gasteiger partial charge in [0.1, 0.15) is 4.90 Å². The number of aliphatic hydroxyl groups excluding tert-OH is 1. The maximum absolute atomic E-state index is 12.1. The quantitative estimate of drug-likeness (QED) is 0.803. The molecule has 1 unspecified atom stereocenters. The third kappa shape index (κ3) is 3.32. The van der Waals surface area contributed by atoms with E-state index in [0.29, 0.717) is 5.02 Å². The van der Waals surface area contributed by atoms with Gasteiger partial charge in [-0.25, -0.2) is 8.42 Å². The number of hydrogen-bond acceptors (Lipinski definition) is 4. The average Bonchev–Trinajstić information content (AvgIpc) is 2.15. The Kier molecular flexibility index (Phi) is 4.37. The summed E-state index contributed by atoms with van der Waals surface area (Å²) >= 11 is 5.70. The molecule has 0 amide bonds. The van der Waals surface area contributed by atoms with Crippen LogP contribution in [0, 0.1) is 0 Å². The van der Waals surface area contributed by atoms with Gasteiger partial charge in [-0.2, -0.15) is 4.31 Å². The molecular weight excluding hydrogens is 264 g/mol. The van der Waals surface area contributed by atoms with Gasteiger partial charge in [0, 0.05) is 18.6 Å². The zero-order chi connectivity index (χ0) is 13.2. The molecule has 0 aliphatic heterocycles. The molecule has 96 valence electrons. The molecule has 17 heavy (non-hydrogen) atoms. The number of benzene rings is 1. The molecule has 1 aromatic rings. The summed E-state index contributed by atoms with van der Waals surface area (Å²) in [6, 6.07) is 4.19. The van der Waals surface area contributed by atoms with Crippen molar-refractivity contribution in [1.82, 2.24) is 4.31 Å². The van der Waals surface area contributed by atoms with Crippen molar-refractivity contribution in [2.75, 3.05) is 19.3 Å². The molecule has 0 bridgehead atoms. The van der Waals surface area contributed by atoms with E-state index in [1.54, 1.807) is 0 Å². The number of likely N-dealkylation sites (N-methyl/N-ethyl adjacent to an activating group) is 1. The van der Waals surface area contributed by atoms with Crippen molar-refractivity contribution in [3.05, 3.63) is 23.2 Å². The van der Waals surface area contributed by atoms with Crippen LogP contribution in [-0.2, 0) is 10.0 Å². The van der Waals surface area contributed by atoms with Crippen molar-refractivity contribution in [2.45, 2.75) is 17.9 Å². The molecule has 1 atom stereocenters. The van der Waals surface area contributed by atoms with Gasteiger partial charge in [-0.15, -0.1) is 0 Å². The number of rotatable bonds is 4. The Bertz CT molecular complexity index is 502. The number of nitrogens with two attached hydrogens (primary N) is 1. The van der Waals surface area contributed by atoms with Gasteiger partial charge in [-0.1, -0.05) is 11.6 Å². The SMILES string of the molecule is CC(O)CN(C)S(=O)(=O)c1ccc(Cl)cc1N. The van der Waals surface area contributed by atoms with Crippen LogP contribution in [0.4, 0.5) is 5.69 Å². The molecule has 5 nitrogen and oxygen atoms in total. The van der Waals surface area contributed by atoms with Gasteiger partial charge >= 0.3 is 0 Å². The largest absolute Gasteiger partial charge is 0.398 e. The standard InChI is InChI=1S/C10H15ClN2O3S/c1-7(14)6-13(2)17(15,16)10-4-3-8(11)5-9(10)12/h3-5,7,14H,6,12H2,1-2H3. The predicted molar refractivity (Wildman–Crippen MR) is 67.4 cm³/mol. The maximum atomic E-state index is 12.1. The highest BCUT2D eigenvalue weighted by Crippen LogP contribution is 2.24. The van der Waals surface area contributed by atoms with Gasteiger partial charge in [0.05, 0.1) is 11.8 Å². The van der Waals surface area contributed by atoms with Gasteiger partial charge in [-0.05, 0) is 25.1 Å². The van der Waals surface area contributed by atoms with Gasteiger partial charge in [0.15, 0.2) is 0 Å². The minimum atomic E-state index is -3.69. The van der Waals surface area contributed by atoms with E-state index < -0.39 is 16.1 Å². The fourth-order valence-electron chi connectivity index (χ4n) is 1.39. The average molecular weight is 279 g/mol. The second-order valence-corrected chi connectivity index (χ2v) is 6.27. The van der Waals surface area contributed by atoms with E-state index in [2.05, 4.69) is 0 Å². The van der Waals surface area contributed by atoms with E-state index in [0.717, 1.165) is 4.31 Å². The van der Waals surface area contributed by atoms with Crippen molar-refractivity contribution < 1.29 is 13.5 Å². The summed E-state index contributed by atoms with van der Waals surface area (Å²) < 4.78 is 25.2. The first-order valence-electron chi connectivity index (χ1n) is 4.94. The van der Waals surface area contributed by atoms with Gasteiger partial charge in [-0.3, -0.25) is 0 Å². The second kappa shape index (κ2) is 5.22. The highest BCUT2D eigenvalue weighted by molar-refractivity contribution is 7.89. The number of aliphatic hydroxyl groups is 1. The topological polar surface area (TPSA) is 83.6 Å². The maximum Gasteiger partial charge on any atom is 0.244 e. The number of halogens is 1. The molecule has 0 radical (unpaired) electrons. The highest BCUT2D eigenvalue weighted by atomic mass is 35.5. The molecule has 1 rings (SSSR count). The summed E-state index contributed by atoms with van der Waals surface area (Å²) in [6.45, 7) is 1.52. The molecule has 0 aliphatic carbocycles. The van der Waals surface area contributed by atoms with Gasteiger partial charge in [0.2, 0.25) is 10.0 Å². The van der Waals surface area contributed by atoms with E-state index in [9.17, 15) is 13.5 Å². The first kappa shape index (κ1) is 14.2. The Morgan fingerprint density at radius 3 is 2.59 bits per heavy atom. The number of nitrogen functional groups attached to an aromatic ring is 1. The van der Waals surface area contributed by atoms with Crippen LogP contribution in [0.15, 0.2) is 23.1 Å². The Hall–Kier alpha value is -0.820. The molecular formula is C10H15ClN2O3S. The van der Waals surface area contributed by atoms with Crippen LogP contribution in [0.25, 0.3) is 0 Å². The van der Waals surface area contributed by atoms with E-state index in [1.807, 2.05) is 0 Å². The predicted octanol–water partition coefficient (Wildman–Crippen LogP) is 0.924.